The van der Waals surface area contributed by atoms with E-state index in [0.717, 1.165) is 22.3 Å². The molecule has 2 nitrogen and oxygen atoms in total. The van der Waals surface area contributed by atoms with Crippen LogP contribution in [-0.4, -0.2) is 11.5 Å². The van der Waals surface area contributed by atoms with E-state index in [1.807, 2.05) is 18.2 Å². The standard InChI is InChI=1S/C13H19BrN2S/c1-8(2)9(3)7-16-12-6-10(14)4-5-11(12)13(15)17/h4-6,8-9,16H,7H2,1-3H3,(H2,15,17). The molecule has 94 valence electrons. The summed E-state index contributed by atoms with van der Waals surface area (Å²) in [6.45, 7) is 7.60. The summed E-state index contributed by atoms with van der Waals surface area (Å²) in [4.78, 5) is 0.428. The summed E-state index contributed by atoms with van der Waals surface area (Å²) < 4.78 is 1.03. The predicted octanol–water partition coefficient (Wildman–Crippen LogP) is 3.79. The second-order valence-corrected chi connectivity index (χ2v) is 6.01. The smallest absolute Gasteiger partial charge is 0.106 e. The second-order valence-electron chi connectivity index (χ2n) is 4.66. The molecule has 0 saturated carbocycles. The van der Waals surface area contributed by atoms with E-state index < -0.39 is 0 Å². The van der Waals surface area contributed by atoms with Crippen LogP contribution in [0.2, 0.25) is 0 Å². The highest BCUT2D eigenvalue weighted by molar-refractivity contribution is 9.10. The Labute approximate surface area is 117 Å². The van der Waals surface area contributed by atoms with Crippen molar-refractivity contribution in [2.75, 3.05) is 11.9 Å². The van der Waals surface area contributed by atoms with E-state index in [1.54, 1.807) is 0 Å². The molecule has 0 aliphatic carbocycles. The fourth-order valence-corrected chi connectivity index (χ4v) is 1.92. The molecule has 1 atom stereocenters. The number of halogens is 1. The van der Waals surface area contributed by atoms with Gasteiger partial charge in [0.25, 0.3) is 0 Å². The van der Waals surface area contributed by atoms with Crippen LogP contribution in [0.25, 0.3) is 0 Å². The average Bonchev–Trinajstić information content (AvgIpc) is 2.25. The minimum atomic E-state index is 0.428. The van der Waals surface area contributed by atoms with Gasteiger partial charge >= 0.3 is 0 Å². The minimum Gasteiger partial charge on any atom is -0.389 e. The van der Waals surface area contributed by atoms with Gasteiger partial charge in [0.1, 0.15) is 4.99 Å². The molecule has 0 aliphatic rings. The third-order valence-corrected chi connectivity index (χ3v) is 3.71. The van der Waals surface area contributed by atoms with Gasteiger partial charge < -0.3 is 11.1 Å². The molecule has 0 aliphatic heterocycles. The summed E-state index contributed by atoms with van der Waals surface area (Å²) in [6.07, 6.45) is 0. The molecule has 0 amide bonds. The molecular weight excluding hydrogens is 296 g/mol. The molecule has 1 rings (SSSR count). The van der Waals surface area contributed by atoms with Crippen molar-refractivity contribution in [2.24, 2.45) is 17.6 Å². The molecule has 3 N–H and O–H groups in total. The van der Waals surface area contributed by atoms with Crippen LogP contribution >= 0.6 is 28.1 Å². The summed E-state index contributed by atoms with van der Waals surface area (Å²) in [7, 11) is 0. The first-order valence-electron chi connectivity index (χ1n) is 5.75. The van der Waals surface area contributed by atoms with Crippen molar-refractivity contribution in [3.05, 3.63) is 28.2 Å². The Morgan fingerprint density at radius 1 is 1.41 bits per heavy atom. The lowest BCUT2D eigenvalue weighted by Crippen LogP contribution is -2.19. The fourth-order valence-electron chi connectivity index (χ4n) is 1.38. The lowest BCUT2D eigenvalue weighted by atomic mass is 9.98. The van der Waals surface area contributed by atoms with Crippen LogP contribution in [0.1, 0.15) is 26.3 Å². The van der Waals surface area contributed by atoms with Crippen LogP contribution in [-0.2, 0) is 0 Å². The zero-order valence-electron chi connectivity index (χ0n) is 10.5. The Morgan fingerprint density at radius 2 is 2.06 bits per heavy atom. The quantitative estimate of drug-likeness (QED) is 0.812. The number of rotatable bonds is 5. The molecular formula is C13H19BrN2S. The van der Waals surface area contributed by atoms with Crippen LogP contribution in [0.3, 0.4) is 0 Å². The zero-order chi connectivity index (χ0) is 13.0. The third-order valence-electron chi connectivity index (χ3n) is 3.00. The molecule has 0 heterocycles. The fraction of sp³-hybridized carbons (Fsp3) is 0.462. The number of thiocarbonyl (C=S) groups is 1. The van der Waals surface area contributed by atoms with Crippen LogP contribution in [0.4, 0.5) is 5.69 Å². The van der Waals surface area contributed by atoms with Crippen LogP contribution in [0.5, 0.6) is 0 Å². The van der Waals surface area contributed by atoms with Crippen molar-refractivity contribution >= 4 is 38.8 Å². The molecule has 0 fully saturated rings. The topological polar surface area (TPSA) is 38.0 Å². The Hall–Kier alpha value is -0.610. The first kappa shape index (κ1) is 14.5. The predicted molar refractivity (Wildman–Crippen MR) is 82.5 cm³/mol. The molecule has 17 heavy (non-hydrogen) atoms. The molecule has 0 aromatic heterocycles. The van der Waals surface area contributed by atoms with Gasteiger partial charge in [-0.25, -0.2) is 0 Å². The van der Waals surface area contributed by atoms with E-state index in [-0.39, 0.29) is 0 Å². The molecule has 4 heteroatoms. The van der Waals surface area contributed by atoms with E-state index in [1.165, 1.54) is 0 Å². The van der Waals surface area contributed by atoms with Crippen LogP contribution < -0.4 is 11.1 Å². The van der Waals surface area contributed by atoms with Crippen molar-refractivity contribution in [3.8, 4) is 0 Å². The summed E-state index contributed by atoms with van der Waals surface area (Å²) in [5.74, 6) is 1.26. The monoisotopic (exact) mass is 314 g/mol. The van der Waals surface area contributed by atoms with E-state index in [4.69, 9.17) is 18.0 Å². The van der Waals surface area contributed by atoms with E-state index >= 15 is 0 Å². The zero-order valence-corrected chi connectivity index (χ0v) is 12.9. The number of hydrogen-bond donors (Lipinski definition) is 2. The highest BCUT2D eigenvalue weighted by Crippen LogP contribution is 2.22. The van der Waals surface area contributed by atoms with Gasteiger partial charge in [0.15, 0.2) is 0 Å². The minimum absolute atomic E-state index is 0.428. The molecule has 0 saturated heterocycles. The largest absolute Gasteiger partial charge is 0.389 e. The number of benzene rings is 1. The molecule has 1 aromatic rings. The Kier molecular flexibility index (Phi) is 5.40. The number of nitrogens with two attached hydrogens (primary N) is 1. The Morgan fingerprint density at radius 3 is 2.59 bits per heavy atom. The first-order valence-corrected chi connectivity index (χ1v) is 6.95. The van der Waals surface area contributed by atoms with Crippen molar-refractivity contribution < 1.29 is 0 Å². The highest BCUT2D eigenvalue weighted by atomic mass is 79.9. The van der Waals surface area contributed by atoms with Crippen LogP contribution in [0.15, 0.2) is 22.7 Å². The van der Waals surface area contributed by atoms with Crippen molar-refractivity contribution in [2.45, 2.75) is 20.8 Å². The van der Waals surface area contributed by atoms with Gasteiger partial charge in [-0.3, -0.25) is 0 Å². The first-order chi connectivity index (χ1) is 7.91. The van der Waals surface area contributed by atoms with E-state index in [2.05, 4.69) is 42.0 Å². The average molecular weight is 315 g/mol. The summed E-state index contributed by atoms with van der Waals surface area (Å²) in [5, 5.41) is 3.42. The van der Waals surface area contributed by atoms with Gasteiger partial charge in [-0.2, -0.15) is 0 Å². The Balaban J connectivity index is 2.82. The lowest BCUT2D eigenvalue weighted by molar-refractivity contribution is 0.440. The van der Waals surface area contributed by atoms with Gasteiger partial charge in [0.05, 0.1) is 0 Å². The van der Waals surface area contributed by atoms with Crippen molar-refractivity contribution in [3.63, 3.8) is 0 Å². The second kappa shape index (κ2) is 6.36. The molecule has 0 spiro atoms. The summed E-state index contributed by atoms with van der Waals surface area (Å²) in [5.41, 5.74) is 7.61. The number of hydrogen-bond acceptors (Lipinski definition) is 2. The number of nitrogens with one attached hydrogen (secondary N) is 1. The SMILES string of the molecule is CC(C)C(C)CNc1cc(Br)ccc1C(N)=S. The Bertz CT molecular complexity index is 404. The third kappa shape index (κ3) is 4.28. The molecule has 0 radical (unpaired) electrons. The van der Waals surface area contributed by atoms with Gasteiger partial charge in [0.2, 0.25) is 0 Å². The van der Waals surface area contributed by atoms with Gasteiger partial charge in [-0.15, -0.1) is 0 Å². The van der Waals surface area contributed by atoms with E-state index in [9.17, 15) is 0 Å². The van der Waals surface area contributed by atoms with Crippen molar-refractivity contribution in [1.29, 1.82) is 0 Å². The van der Waals surface area contributed by atoms with Gasteiger partial charge in [0, 0.05) is 22.3 Å². The van der Waals surface area contributed by atoms with Gasteiger partial charge in [-0.05, 0) is 30.0 Å². The lowest BCUT2D eigenvalue weighted by Gasteiger charge is -2.18. The normalized spacial score (nSPS) is 12.5. The molecule has 0 bridgehead atoms. The van der Waals surface area contributed by atoms with Crippen molar-refractivity contribution in [1.82, 2.24) is 0 Å². The summed E-state index contributed by atoms with van der Waals surface area (Å²) in [6, 6.07) is 5.90. The van der Waals surface area contributed by atoms with Crippen LogP contribution in [0, 0.1) is 11.8 Å². The highest BCUT2D eigenvalue weighted by Gasteiger charge is 2.09. The number of anilines is 1. The maximum Gasteiger partial charge on any atom is 0.106 e. The molecule has 1 aromatic carbocycles. The maximum atomic E-state index is 5.71. The van der Waals surface area contributed by atoms with E-state index in [0.29, 0.717) is 16.8 Å². The van der Waals surface area contributed by atoms with Gasteiger partial charge in [-0.1, -0.05) is 48.9 Å². The summed E-state index contributed by atoms with van der Waals surface area (Å²) >= 11 is 8.50. The molecule has 1 unspecified atom stereocenters. The maximum absolute atomic E-state index is 5.71.